The van der Waals surface area contributed by atoms with Crippen LogP contribution in [0.5, 0.6) is 11.5 Å². The van der Waals surface area contributed by atoms with Crippen LogP contribution in [-0.2, 0) is 0 Å². The summed E-state index contributed by atoms with van der Waals surface area (Å²) >= 11 is 0. The summed E-state index contributed by atoms with van der Waals surface area (Å²) in [7, 11) is 2.88. The Morgan fingerprint density at radius 2 is 0.836 bits per heavy atom. The molecule has 0 spiro atoms. The van der Waals surface area contributed by atoms with Crippen molar-refractivity contribution < 1.29 is 14.6 Å². The van der Waals surface area contributed by atoms with E-state index in [0.29, 0.717) is 35.0 Å². The van der Waals surface area contributed by atoms with Gasteiger partial charge in [-0.1, -0.05) is 156 Å². The molecule has 0 bridgehead atoms. The Hall–Kier alpha value is -3.91. The zero-order valence-electron chi connectivity index (χ0n) is 35.3. The zero-order valence-corrected chi connectivity index (χ0v) is 36.2. The van der Waals surface area contributed by atoms with Crippen molar-refractivity contribution in [1.29, 1.82) is 0 Å². The van der Waals surface area contributed by atoms with Crippen LogP contribution in [0, 0.1) is 0 Å². The molecule has 0 aromatic heterocycles. The zero-order chi connectivity index (χ0) is 39.7. The fourth-order valence-electron chi connectivity index (χ4n) is 9.11. The molecule has 0 aliphatic carbocycles. The Bertz CT molecular complexity index is 1920. The van der Waals surface area contributed by atoms with Crippen LogP contribution in [0.3, 0.4) is 0 Å². The number of hydrogen-bond acceptors (Lipinski definition) is 3. The molecule has 1 N–H and O–H groups in total. The number of rotatable bonds is 11. The second-order valence-corrected chi connectivity index (χ2v) is 20.0. The van der Waals surface area contributed by atoms with Gasteiger partial charge in [0.2, 0.25) is 0 Å². The molecule has 0 saturated carbocycles. The summed E-state index contributed by atoms with van der Waals surface area (Å²) in [5, 5.41) is 12.6. The first kappa shape index (κ1) is 40.7. The van der Waals surface area contributed by atoms with Crippen LogP contribution in [-0.4, -0.2) is 36.7 Å². The normalized spacial score (nSPS) is 18.8. The van der Waals surface area contributed by atoms with Gasteiger partial charge in [0.05, 0.1) is 20.3 Å². The molecule has 1 aliphatic heterocycles. The maximum Gasteiger partial charge on any atom is 0.126 e. The molecule has 4 heteroatoms. The molecular weight excluding hydrogens is 692 g/mol. The molecule has 1 heterocycles. The third-order valence-corrected chi connectivity index (χ3v) is 15.1. The smallest absolute Gasteiger partial charge is 0.126 e. The van der Waals surface area contributed by atoms with E-state index in [0.717, 1.165) is 35.5 Å². The van der Waals surface area contributed by atoms with E-state index in [2.05, 4.69) is 148 Å². The first-order chi connectivity index (χ1) is 26.3. The van der Waals surface area contributed by atoms with Crippen LogP contribution in [0.1, 0.15) is 128 Å². The molecule has 2 atom stereocenters. The van der Waals surface area contributed by atoms with Crippen molar-refractivity contribution in [3.8, 4) is 56.0 Å². The first-order valence-electron chi connectivity index (χ1n) is 20.5. The van der Waals surface area contributed by atoms with Crippen molar-refractivity contribution in [3.05, 3.63) is 113 Å². The van der Waals surface area contributed by atoms with Crippen molar-refractivity contribution >= 4 is 13.2 Å². The first-order valence-corrected chi connectivity index (χ1v) is 22.0. The lowest BCUT2D eigenvalue weighted by atomic mass is 9.79. The minimum atomic E-state index is -0.650. The lowest BCUT2D eigenvalue weighted by Crippen LogP contribution is -2.33. The molecule has 290 valence electrons. The molecule has 3 nitrogen and oxygen atoms in total. The second-order valence-electron chi connectivity index (χ2n) is 17.0. The summed E-state index contributed by atoms with van der Waals surface area (Å²) in [6, 6.07) is 33.7. The lowest BCUT2D eigenvalue weighted by molar-refractivity contribution is 0.149. The third-order valence-electron chi connectivity index (χ3n) is 11.7. The summed E-state index contributed by atoms with van der Waals surface area (Å²) in [5.41, 5.74) is 16.4. The van der Waals surface area contributed by atoms with Crippen LogP contribution in [0.25, 0.3) is 44.5 Å². The molecule has 2 unspecified atom stereocenters. The standard InChI is InChI=1S/C51H63O3P/c1-30(2)43-26-36(39-18-13-15-22-47(39)53-11)27-44(31(3)4)49(43)41-20-17-21-42(51(41)55-34(9)24-38(52)25-35(55)10)50-45(32(5)6)28-37(29-46(50)33(7)8)40-19-14-16-23-48(40)54-12/h13-23,26-35,38,52H,24-25H2,1-12H3. The van der Waals surface area contributed by atoms with Crippen LogP contribution in [0.15, 0.2) is 91.0 Å². The van der Waals surface area contributed by atoms with E-state index in [1.165, 1.54) is 60.9 Å². The predicted octanol–water partition coefficient (Wildman–Crippen LogP) is 13.9. The largest absolute Gasteiger partial charge is 0.496 e. The maximum absolute atomic E-state index is 11.1. The number of benzene rings is 5. The van der Waals surface area contributed by atoms with Gasteiger partial charge in [-0.15, -0.1) is 0 Å². The number of aliphatic hydroxyl groups excluding tert-OH is 1. The average Bonchev–Trinajstić information content (AvgIpc) is 3.16. The highest BCUT2D eigenvalue weighted by Gasteiger charge is 2.37. The van der Waals surface area contributed by atoms with Gasteiger partial charge in [-0.3, -0.25) is 0 Å². The van der Waals surface area contributed by atoms with Gasteiger partial charge in [0.1, 0.15) is 11.5 Å². The summed E-state index contributed by atoms with van der Waals surface area (Å²) < 4.78 is 11.8. The Morgan fingerprint density at radius 1 is 0.509 bits per heavy atom. The van der Waals surface area contributed by atoms with E-state index in [-0.39, 0.29) is 6.10 Å². The van der Waals surface area contributed by atoms with Gasteiger partial charge < -0.3 is 14.6 Å². The topological polar surface area (TPSA) is 38.7 Å². The SMILES string of the molecule is COc1ccccc1-c1cc(C(C)C)c(-c2cccc(-c3c(C(C)C)cc(-c4ccccc4OC)cc3C(C)C)c2P2C(C)CC(O)CC2C)c(C(C)C)c1. The Balaban J connectivity index is 1.74. The minimum absolute atomic E-state index is 0.255. The molecule has 6 rings (SSSR count). The number of para-hydroxylation sites is 2. The Labute approximate surface area is 333 Å². The van der Waals surface area contributed by atoms with Crippen molar-refractivity contribution in [2.45, 2.75) is 123 Å². The summed E-state index contributed by atoms with van der Waals surface area (Å²) in [5.74, 6) is 2.99. The van der Waals surface area contributed by atoms with Crippen LogP contribution >= 0.6 is 7.92 Å². The summed E-state index contributed by atoms with van der Waals surface area (Å²) in [4.78, 5) is 0. The van der Waals surface area contributed by atoms with Crippen LogP contribution in [0.4, 0.5) is 0 Å². The van der Waals surface area contributed by atoms with Crippen molar-refractivity contribution in [2.75, 3.05) is 14.2 Å². The van der Waals surface area contributed by atoms with E-state index in [9.17, 15) is 5.11 Å². The van der Waals surface area contributed by atoms with E-state index >= 15 is 0 Å². The highest BCUT2D eigenvalue weighted by molar-refractivity contribution is 7.67. The van der Waals surface area contributed by atoms with E-state index in [1.807, 2.05) is 12.1 Å². The second kappa shape index (κ2) is 17.1. The van der Waals surface area contributed by atoms with Crippen LogP contribution < -0.4 is 14.8 Å². The fraction of sp³-hybridized carbons (Fsp3) is 0.412. The quantitative estimate of drug-likeness (QED) is 0.137. The van der Waals surface area contributed by atoms with Gasteiger partial charge in [0.15, 0.2) is 0 Å². The molecule has 1 saturated heterocycles. The molecular formula is C51H63O3P. The Morgan fingerprint density at radius 3 is 1.16 bits per heavy atom. The molecule has 1 aliphatic rings. The van der Waals surface area contributed by atoms with E-state index in [4.69, 9.17) is 9.47 Å². The Kier molecular flexibility index (Phi) is 12.6. The lowest BCUT2D eigenvalue weighted by Gasteiger charge is -2.41. The monoisotopic (exact) mass is 754 g/mol. The van der Waals surface area contributed by atoms with E-state index in [1.54, 1.807) is 14.2 Å². The number of methoxy groups -OCH3 is 2. The molecule has 55 heavy (non-hydrogen) atoms. The fourth-order valence-corrected chi connectivity index (χ4v) is 12.7. The number of ether oxygens (including phenoxy) is 2. The van der Waals surface area contributed by atoms with Crippen molar-refractivity contribution in [2.24, 2.45) is 0 Å². The number of aliphatic hydroxyl groups is 1. The maximum atomic E-state index is 11.1. The average molecular weight is 755 g/mol. The predicted molar refractivity (Wildman–Crippen MR) is 238 cm³/mol. The summed E-state index contributed by atoms with van der Waals surface area (Å²) in [6.45, 7) is 23.6. The third kappa shape index (κ3) is 8.03. The van der Waals surface area contributed by atoms with Gasteiger partial charge in [0, 0.05) is 11.1 Å². The molecule has 5 aromatic carbocycles. The van der Waals surface area contributed by atoms with Crippen molar-refractivity contribution in [1.82, 2.24) is 0 Å². The molecule has 5 aromatic rings. The van der Waals surface area contributed by atoms with Crippen molar-refractivity contribution in [3.63, 3.8) is 0 Å². The van der Waals surface area contributed by atoms with E-state index < -0.39 is 7.92 Å². The van der Waals surface area contributed by atoms with Crippen LogP contribution in [0.2, 0.25) is 0 Å². The van der Waals surface area contributed by atoms with Gasteiger partial charge in [-0.05, 0) is 121 Å². The summed E-state index contributed by atoms with van der Waals surface area (Å²) in [6.07, 6.45) is 1.42. The van der Waals surface area contributed by atoms with Gasteiger partial charge in [0.25, 0.3) is 0 Å². The van der Waals surface area contributed by atoms with Gasteiger partial charge in [-0.2, -0.15) is 0 Å². The van der Waals surface area contributed by atoms with Gasteiger partial charge in [-0.25, -0.2) is 0 Å². The minimum Gasteiger partial charge on any atom is -0.496 e. The molecule has 1 fully saturated rings. The van der Waals surface area contributed by atoms with Gasteiger partial charge >= 0.3 is 0 Å². The molecule has 0 amide bonds. The molecule has 0 radical (unpaired) electrons. The highest BCUT2D eigenvalue weighted by atomic mass is 31.1. The number of hydrogen-bond donors (Lipinski definition) is 1. The highest BCUT2D eigenvalue weighted by Crippen LogP contribution is 2.57.